The molecular weight excluding hydrogens is 228 g/mol. The van der Waals surface area contributed by atoms with Crippen LogP contribution in [0.5, 0.6) is 0 Å². The minimum absolute atomic E-state index is 0.249. The average Bonchev–Trinajstić information content (AvgIpc) is 2.34. The highest BCUT2D eigenvalue weighted by molar-refractivity contribution is 5.87. The molecule has 2 heterocycles. The van der Waals surface area contributed by atoms with E-state index in [9.17, 15) is 4.79 Å². The summed E-state index contributed by atoms with van der Waals surface area (Å²) in [5.74, 6) is -0.922. The number of hydrogen-bond acceptors (Lipinski definition) is 3. The number of aromatic carboxylic acids is 1. The molecule has 1 aromatic heterocycles. The molecule has 0 saturated carbocycles. The predicted octanol–water partition coefficient (Wildman–Crippen LogP) is 2.54. The van der Waals surface area contributed by atoms with E-state index in [4.69, 9.17) is 5.11 Å². The van der Waals surface area contributed by atoms with E-state index in [0.29, 0.717) is 12.1 Å². The fraction of sp³-hybridized carbons (Fsp3) is 0.571. The molecule has 0 aliphatic carbocycles. The molecule has 98 valence electrons. The van der Waals surface area contributed by atoms with Crippen LogP contribution in [0.2, 0.25) is 0 Å². The van der Waals surface area contributed by atoms with Crippen molar-refractivity contribution < 1.29 is 9.90 Å². The predicted molar refractivity (Wildman–Crippen MR) is 69.5 cm³/mol. The lowest BCUT2D eigenvalue weighted by atomic mass is 9.97. The van der Waals surface area contributed by atoms with Crippen LogP contribution in [0, 0.1) is 0 Å². The Hall–Kier alpha value is -1.42. The quantitative estimate of drug-likeness (QED) is 0.893. The average molecular weight is 248 g/mol. The van der Waals surface area contributed by atoms with Gasteiger partial charge in [0.15, 0.2) is 0 Å². The van der Waals surface area contributed by atoms with Gasteiger partial charge in [-0.1, -0.05) is 6.42 Å². The van der Waals surface area contributed by atoms with Crippen molar-refractivity contribution in [3.63, 3.8) is 0 Å². The summed E-state index contributed by atoms with van der Waals surface area (Å²) in [7, 11) is 0. The number of rotatable bonds is 3. The van der Waals surface area contributed by atoms with Gasteiger partial charge in [0.2, 0.25) is 0 Å². The first-order valence-electron chi connectivity index (χ1n) is 6.52. The molecule has 2 atom stereocenters. The van der Waals surface area contributed by atoms with Gasteiger partial charge < -0.3 is 5.11 Å². The van der Waals surface area contributed by atoms with Crippen molar-refractivity contribution in [1.82, 2.24) is 9.88 Å². The van der Waals surface area contributed by atoms with E-state index in [0.717, 1.165) is 12.2 Å². The minimum Gasteiger partial charge on any atom is -0.478 e. The Labute approximate surface area is 108 Å². The van der Waals surface area contributed by atoms with Gasteiger partial charge in [0.1, 0.15) is 0 Å². The monoisotopic (exact) mass is 248 g/mol. The fourth-order valence-electron chi connectivity index (χ4n) is 2.62. The maximum atomic E-state index is 10.8. The van der Waals surface area contributed by atoms with Crippen LogP contribution in [0.25, 0.3) is 0 Å². The molecule has 4 heteroatoms. The molecule has 0 radical (unpaired) electrons. The molecule has 0 bridgehead atoms. The maximum Gasteiger partial charge on any atom is 0.337 e. The van der Waals surface area contributed by atoms with Gasteiger partial charge in [0.25, 0.3) is 0 Å². The van der Waals surface area contributed by atoms with E-state index in [1.54, 1.807) is 6.07 Å². The number of likely N-dealkylation sites (tertiary alicyclic amines) is 1. The summed E-state index contributed by atoms with van der Waals surface area (Å²) in [6.07, 6.45) is 5.20. The molecule has 1 fully saturated rings. The van der Waals surface area contributed by atoms with Crippen molar-refractivity contribution in [2.45, 2.75) is 51.7 Å². The zero-order chi connectivity index (χ0) is 13.1. The van der Waals surface area contributed by atoms with E-state index in [1.165, 1.54) is 25.5 Å². The molecule has 0 amide bonds. The summed E-state index contributed by atoms with van der Waals surface area (Å²) in [6, 6.07) is 4.60. The Bertz CT molecular complexity index is 406. The molecule has 18 heavy (non-hydrogen) atoms. The topological polar surface area (TPSA) is 53.4 Å². The van der Waals surface area contributed by atoms with Gasteiger partial charge in [-0.2, -0.15) is 0 Å². The Morgan fingerprint density at radius 2 is 2.06 bits per heavy atom. The molecule has 1 aliphatic heterocycles. The van der Waals surface area contributed by atoms with E-state index in [-0.39, 0.29) is 5.56 Å². The van der Waals surface area contributed by atoms with Crippen molar-refractivity contribution >= 4 is 5.97 Å². The second kappa shape index (κ2) is 5.48. The molecule has 0 aromatic carbocycles. The molecule has 2 rings (SSSR count). The SMILES string of the molecule is C[C@@H]1CCC[C@H](C)N1Cc1ccc(C(=O)O)cn1. The van der Waals surface area contributed by atoms with E-state index >= 15 is 0 Å². The van der Waals surface area contributed by atoms with Crippen LogP contribution in [0.1, 0.15) is 49.2 Å². The van der Waals surface area contributed by atoms with Crippen molar-refractivity contribution in [2.24, 2.45) is 0 Å². The highest BCUT2D eigenvalue weighted by Gasteiger charge is 2.24. The standard InChI is InChI=1S/C14H20N2O2/c1-10-4-3-5-11(2)16(10)9-13-7-6-12(8-15-13)14(17)18/h6-8,10-11H,3-5,9H2,1-2H3,(H,17,18)/t10-,11+. The van der Waals surface area contributed by atoms with Crippen LogP contribution in [-0.2, 0) is 6.54 Å². The zero-order valence-corrected chi connectivity index (χ0v) is 11.0. The van der Waals surface area contributed by atoms with Crippen molar-refractivity contribution in [3.8, 4) is 0 Å². The Morgan fingerprint density at radius 3 is 2.56 bits per heavy atom. The van der Waals surface area contributed by atoms with Crippen molar-refractivity contribution in [3.05, 3.63) is 29.6 Å². The number of piperidine rings is 1. The van der Waals surface area contributed by atoms with Gasteiger partial charge in [-0.15, -0.1) is 0 Å². The van der Waals surface area contributed by atoms with Crippen molar-refractivity contribution in [2.75, 3.05) is 0 Å². The minimum atomic E-state index is -0.922. The van der Waals surface area contributed by atoms with Gasteiger partial charge in [-0.3, -0.25) is 9.88 Å². The smallest absolute Gasteiger partial charge is 0.337 e. The van der Waals surface area contributed by atoms with E-state index in [2.05, 4.69) is 23.7 Å². The third-order valence-corrected chi connectivity index (χ3v) is 3.79. The first kappa shape index (κ1) is 13.0. The fourth-order valence-corrected chi connectivity index (χ4v) is 2.62. The summed E-state index contributed by atoms with van der Waals surface area (Å²) in [5.41, 5.74) is 1.19. The molecule has 1 aliphatic rings. The Morgan fingerprint density at radius 1 is 1.39 bits per heavy atom. The van der Waals surface area contributed by atoms with Gasteiger partial charge >= 0.3 is 5.97 Å². The van der Waals surface area contributed by atoms with Crippen LogP contribution in [-0.4, -0.2) is 33.0 Å². The Balaban J connectivity index is 2.06. The van der Waals surface area contributed by atoms with Gasteiger partial charge in [-0.05, 0) is 38.8 Å². The van der Waals surface area contributed by atoms with Gasteiger partial charge in [0, 0.05) is 24.8 Å². The molecule has 4 nitrogen and oxygen atoms in total. The van der Waals surface area contributed by atoms with Crippen LogP contribution in [0.4, 0.5) is 0 Å². The van der Waals surface area contributed by atoms with Crippen molar-refractivity contribution in [1.29, 1.82) is 0 Å². The first-order valence-corrected chi connectivity index (χ1v) is 6.52. The largest absolute Gasteiger partial charge is 0.478 e. The first-order chi connectivity index (χ1) is 8.58. The molecule has 1 N–H and O–H groups in total. The van der Waals surface area contributed by atoms with Crippen LogP contribution < -0.4 is 0 Å². The Kier molecular flexibility index (Phi) is 3.97. The van der Waals surface area contributed by atoms with Gasteiger partial charge in [-0.25, -0.2) is 4.79 Å². The van der Waals surface area contributed by atoms with Crippen LogP contribution in [0.15, 0.2) is 18.3 Å². The van der Waals surface area contributed by atoms with E-state index < -0.39 is 5.97 Å². The molecule has 0 unspecified atom stereocenters. The molecule has 1 saturated heterocycles. The summed E-state index contributed by atoms with van der Waals surface area (Å²) >= 11 is 0. The number of nitrogens with zero attached hydrogens (tertiary/aromatic N) is 2. The number of pyridine rings is 1. The summed E-state index contributed by atoms with van der Waals surface area (Å²) in [6.45, 7) is 5.31. The third kappa shape index (κ3) is 2.88. The molecular formula is C14H20N2O2. The lowest BCUT2D eigenvalue weighted by molar-refractivity contribution is 0.0696. The summed E-state index contributed by atoms with van der Waals surface area (Å²) in [4.78, 5) is 17.4. The third-order valence-electron chi connectivity index (χ3n) is 3.79. The maximum absolute atomic E-state index is 10.8. The summed E-state index contributed by atoms with van der Waals surface area (Å²) in [5, 5.41) is 8.83. The number of carbonyl (C=O) groups is 1. The summed E-state index contributed by atoms with van der Waals surface area (Å²) < 4.78 is 0. The number of carboxylic acid groups (broad SMARTS) is 1. The normalized spacial score (nSPS) is 25.0. The van der Waals surface area contributed by atoms with Gasteiger partial charge in [0.05, 0.1) is 11.3 Å². The second-order valence-electron chi connectivity index (χ2n) is 5.14. The van der Waals surface area contributed by atoms with Crippen LogP contribution in [0.3, 0.4) is 0 Å². The highest BCUT2D eigenvalue weighted by atomic mass is 16.4. The highest BCUT2D eigenvalue weighted by Crippen LogP contribution is 2.24. The lowest BCUT2D eigenvalue weighted by Gasteiger charge is -2.38. The lowest BCUT2D eigenvalue weighted by Crippen LogP contribution is -2.43. The molecule has 1 aromatic rings. The number of hydrogen-bond donors (Lipinski definition) is 1. The number of carboxylic acids is 1. The molecule has 0 spiro atoms. The number of aromatic nitrogens is 1. The van der Waals surface area contributed by atoms with E-state index in [1.807, 2.05) is 6.07 Å². The zero-order valence-electron chi connectivity index (χ0n) is 11.0. The van der Waals surface area contributed by atoms with Crippen LogP contribution >= 0.6 is 0 Å². The second-order valence-corrected chi connectivity index (χ2v) is 5.14.